The molecule has 0 radical (unpaired) electrons. The lowest BCUT2D eigenvalue weighted by Gasteiger charge is -2.26. The van der Waals surface area contributed by atoms with Crippen LogP contribution in [0.25, 0.3) is 0 Å². The van der Waals surface area contributed by atoms with Crippen LogP contribution in [-0.2, 0) is 9.84 Å². The van der Waals surface area contributed by atoms with Crippen molar-refractivity contribution in [1.82, 2.24) is 0 Å². The molecule has 2 unspecified atom stereocenters. The van der Waals surface area contributed by atoms with E-state index < -0.39 is 15.7 Å². The number of benzene rings is 1. The van der Waals surface area contributed by atoms with Crippen molar-refractivity contribution < 1.29 is 12.8 Å². The molecule has 0 aromatic heterocycles. The van der Waals surface area contributed by atoms with Crippen LogP contribution in [0.3, 0.4) is 0 Å². The summed E-state index contributed by atoms with van der Waals surface area (Å²) in [5.41, 5.74) is 0.686. The number of fused-ring (bicyclic) bond motifs is 1. The van der Waals surface area contributed by atoms with Crippen molar-refractivity contribution in [1.29, 1.82) is 0 Å². The minimum absolute atomic E-state index is 0.0256. The standard InChI is InChI=1S/C13H14ClFN2O2S2/c1-2-20-13-16-11-6-21(18,19)7-12(11)17(13)8-3-4-10(15)9(14)5-8/h3-5,11-12H,2,6-7H2,1H3. The second-order valence-electron chi connectivity index (χ2n) is 5.02. The molecule has 8 heteroatoms. The monoisotopic (exact) mass is 348 g/mol. The molecule has 0 bridgehead atoms. The van der Waals surface area contributed by atoms with Crippen LogP contribution in [0.5, 0.6) is 0 Å². The van der Waals surface area contributed by atoms with Crippen molar-refractivity contribution in [2.45, 2.75) is 19.0 Å². The molecule has 0 spiro atoms. The van der Waals surface area contributed by atoms with Gasteiger partial charge in [0.1, 0.15) is 5.82 Å². The number of sulfone groups is 1. The van der Waals surface area contributed by atoms with Crippen LogP contribution >= 0.6 is 23.4 Å². The van der Waals surface area contributed by atoms with Gasteiger partial charge in [0, 0.05) is 5.69 Å². The zero-order chi connectivity index (χ0) is 15.2. The molecule has 114 valence electrons. The van der Waals surface area contributed by atoms with Gasteiger partial charge < -0.3 is 4.90 Å². The SMILES string of the molecule is CCSC1=NC2CS(=O)(=O)CC2N1c1ccc(F)c(Cl)c1. The Morgan fingerprint density at radius 1 is 1.48 bits per heavy atom. The quantitative estimate of drug-likeness (QED) is 0.824. The van der Waals surface area contributed by atoms with Crippen LogP contribution in [0.4, 0.5) is 10.1 Å². The molecular formula is C13H14ClFN2O2S2. The van der Waals surface area contributed by atoms with Crippen molar-refractivity contribution in [3.8, 4) is 0 Å². The molecule has 2 aliphatic heterocycles. The number of rotatable bonds is 2. The number of aliphatic imine (C=N–C) groups is 1. The van der Waals surface area contributed by atoms with Gasteiger partial charge in [-0.05, 0) is 24.0 Å². The third-order valence-corrected chi connectivity index (χ3v) is 6.40. The fraction of sp³-hybridized carbons (Fsp3) is 0.462. The Morgan fingerprint density at radius 3 is 2.90 bits per heavy atom. The summed E-state index contributed by atoms with van der Waals surface area (Å²) in [6, 6.07) is 3.97. The highest BCUT2D eigenvalue weighted by Crippen LogP contribution is 2.36. The third-order valence-electron chi connectivity index (χ3n) is 3.56. The van der Waals surface area contributed by atoms with E-state index in [1.165, 1.54) is 12.1 Å². The average Bonchev–Trinajstić information content (AvgIpc) is 2.85. The minimum Gasteiger partial charge on any atom is -0.315 e. The molecule has 1 saturated heterocycles. The summed E-state index contributed by atoms with van der Waals surface area (Å²) < 4.78 is 37.0. The number of hydrogen-bond acceptors (Lipinski definition) is 5. The van der Waals surface area contributed by atoms with Crippen LogP contribution in [0.15, 0.2) is 23.2 Å². The normalized spacial score (nSPS) is 26.8. The lowest BCUT2D eigenvalue weighted by molar-refractivity contribution is 0.601. The van der Waals surface area contributed by atoms with Crippen LogP contribution in [0, 0.1) is 5.82 Å². The Bertz CT molecular complexity index is 708. The fourth-order valence-electron chi connectivity index (χ4n) is 2.70. The van der Waals surface area contributed by atoms with E-state index in [-0.39, 0.29) is 28.6 Å². The van der Waals surface area contributed by atoms with Crippen LogP contribution in [0.1, 0.15) is 6.92 Å². The van der Waals surface area contributed by atoms with E-state index in [0.717, 1.165) is 10.9 Å². The number of amidine groups is 1. The molecule has 0 amide bonds. The van der Waals surface area contributed by atoms with Gasteiger partial charge in [0.05, 0.1) is 28.6 Å². The first-order valence-electron chi connectivity index (χ1n) is 6.56. The lowest BCUT2D eigenvalue weighted by atomic mass is 10.1. The molecule has 2 heterocycles. The molecule has 1 fully saturated rings. The number of hydrogen-bond donors (Lipinski definition) is 0. The number of anilines is 1. The topological polar surface area (TPSA) is 49.7 Å². The summed E-state index contributed by atoms with van der Waals surface area (Å²) in [6.07, 6.45) is 0. The van der Waals surface area contributed by atoms with Gasteiger partial charge in [0.25, 0.3) is 0 Å². The zero-order valence-electron chi connectivity index (χ0n) is 11.3. The van der Waals surface area contributed by atoms with Gasteiger partial charge in [-0.25, -0.2) is 12.8 Å². The molecule has 0 N–H and O–H groups in total. The summed E-state index contributed by atoms with van der Waals surface area (Å²) >= 11 is 7.40. The first kappa shape index (κ1) is 15.1. The molecule has 3 rings (SSSR count). The summed E-state index contributed by atoms with van der Waals surface area (Å²) in [5, 5.41) is 0.808. The highest BCUT2D eigenvalue weighted by molar-refractivity contribution is 8.14. The van der Waals surface area contributed by atoms with Gasteiger partial charge in [-0.15, -0.1) is 0 Å². The highest BCUT2D eigenvalue weighted by Gasteiger charge is 2.47. The number of halogens is 2. The second-order valence-corrected chi connectivity index (χ2v) is 8.82. The van der Waals surface area contributed by atoms with Gasteiger partial charge >= 0.3 is 0 Å². The number of nitrogens with zero attached hydrogens (tertiary/aromatic N) is 2. The summed E-state index contributed by atoms with van der Waals surface area (Å²) in [5.74, 6) is 0.494. The van der Waals surface area contributed by atoms with Gasteiger partial charge in [-0.1, -0.05) is 30.3 Å². The third kappa shape index (κ3) is 2.78. The van der Waals surface area contributed by atoms with Gasteiger partial charge in [-0.2, -0.15) is 0 Å². The molecular weight excluding hydrogens is 335 g/mol. The van der Waals surface area contributed by atoms with Gasteiger partial charge in [-0.3, -0.25) is 4.99 Å². The summed E-state index contributed by atoms with van der Waals surface area (Å²) in [7, 11) is -3.07. The summed E-state index contributed by atoms with van der Waals surface area (Å²) in [4.78, 5) is 6.42. The Kier molecular flexibility index (Phi) is 3.92. The molecule has 0 saturated carbocycles. The van der Waals surface area contributed by atoms with Crippen LogP contribution < -0.4 is 4.90 Å². The predicted molar refractivity (Wildman–Crippen MR) is 85.7 cm³/mol. The van der Waals surface area contributed by atoms with Crippen LogP contribution in [-0.4, -0.2) is 42.9 Å². The van der Waals surface area contributed by atoms with E-state index >= 15 is 0 Å². The molecule has 2 atom stereocenters. The molecule has 1 aromatic rings. The smallest absolute Gasteiger partial charge is 0.164 e. The van der Waals surface area contributed by atoms with E-state index in [0.29, 0.717) is 5.69 Å². The summed E-state index contributed by atoms with van der Waals surface area (Å²) in [6.45, 7) is 2.01. The van der Waals surface area contributed by atoms with Crippen LogP contribution in [0.2, 0.25) is 5.02 Å². The van der Waals surface area contributed by atoms with Gasteiger partial charge in [0.2, 0.25) is 0 Å². The molecule has 4 nitrogen and oxygen atoms in total. The van der Waals surface area contributed by atoms with Gasteiger partial charge in [0.15, 0.2) is 15.0 Å². The van der Waals surface area contributed by atoms with E-state index in [1.807, 2.05) is 11.8 Å². The fourth-order valence-corrected chi connectivity index (χ4v) is 5.57. The molecule has 2 aliphatic rings. The number of thioether (sulfide) groups is 1. The van der Waals surface area contributed by atoms with Crippen molar-refractivity contribution in [3.05, 3.63) is 29.0 Å². The first-order chi connectivity index (χ1) is 9.91. The predicted octanol–water partition coefficient (Wildman–Crippen LogP) is 2.57. The Hall–Kier alpha value is -0.790. The lowest BCUT2D eigenvalue weighted by Crippen LogP contribution is -2.39. The maximum atomic E-state index is 13.3. The first-order valence-corrected chi connectivity index (χ1v) is 9.75. The Balaban J connectivity index is 2.01. The molecule has 1 aromatic carbocycles. The van der Waals surface area contributed by atoms with Crippen molar-refractivity contribution >= 4 is 44.1 Å². The minimum atomic E-state index is -3.07. The Labute approximate surface area is 132 Å². The molecule has 0 aliphatic carbocycles. The molecule has 21 heavy (non-hydrogen) atoms. The highest BCUT2D eigenvalue weighted by atomic mass is 35.5. The maximum Gasteiger partial charge on any atom is 0.164 e. The Morgan fingerprint density at radius 2 is 2.24 bits per heavy atom. The second kappa shape index (κ2) is 5.44. The largest absolute Gasteiger partial charge is 0.315 e. The van der Waals surface area contributed by atoms with Crippen molar-refractivity contribution in [2.24, 2.45) is 4.99 Å². The maximum absolute atomic E-state index is 13.3. The van der Waals surface area contributed by atoms with E-state index in [9.17, 15) is 12.8 Å². The van der Waals surface area contributed by atoms with E-state index in [4.69, 9.17) is 11.6 Å². The van der Waals surface area contributed by atoms with E-state index in [1.54, 1.807) is 17.8 Å². The van der Waals surface area contributed by atoms with Crippen molar-refractivity contribution in [3.63, 3.8) is 0 Å². The average molecular weight is 349 g/mol. The van der Waals surface area contributed by atoms with Crippen molar-refractivity contribution in [2.75, 3.05) is 22.2 Å². The zero-order valence-corrected chi connectivity index (χ0v) is 13.7. The van der Waals surface area contributed by atoms with E-state index in [2.05, 4.69) is 4.99 Å².